The molecule has 3 rings (SSSR count). The number of aryl methyl sites for hydroxylation is 1. The molecular weight excluding hydrogens is 358 g/mol. The van der Waals surface area contributed by atoms with Crippen LogP contribution in [0.2, 0.25) is 5.02 Å². The molecule has 0 fully saturated rings. The standard InChI is InChI=1S/C18H12ClN3O4/c1-9-14(18(24)25-2)7-12(26-9)5-10(8-20)16-21-15-6-11(19)3-4-13(15)17(23)22-16/h3-7H,1-2H3,(H,21,22,23)/b10-5-. The molecule has 0 saturated heterocycles. The highest BCUT2D eigenvalue weighted by Gasteiger charge is 2.16. The highest BCUT2D eigenvalue weighted by Crippen LogP contribution is 2.22. The number of methoxy groups -OCH3 is 1. The fourth-order valence-electron chi connectivity index (χ4n) is 2.42. The van der Waals surface area contributed by atoms with Crippen LogP contribution in [-0.4, -0.2) is 23.0 Å². The number of benzene rings is 1. The predicted molar refractivity (Wildman–Crippen MR) is 95.6 cm³/mol. The van der Waals surface area contributed by atoms with E-state index in [9.17, 15) is 14.9 Å². The zero-order chi connectivity index (χ0) is 18.8. The van der Waals surface area contributed by atoms with Gasteiger partial charge in [-0.1, -0.05) is 11.6 Å². The van der Waals surface area contributed by atoms with Crippen molar-refractivity contribution >= 4 is 40.1 Å². The summed E-state index contributed by atoms with van der Waals surface area (Å²) in [6.07, 6.45) is 1.38. The summed E-state index contributed by atoms with van der Waals surface area (Å²) in [7, 11) is 1.26. The number of furan rings is 1. The molecular formula is C18H12ClN3O4. The monoisotopic (exact) mass is 369 g/mol. The van der Waals surface area contributed by atoms with Gasteiger partial charge < -0.3 is 14.1 Å². The second-order valence-electron chi connectivity index (χ2n) is 5.36. The van der Waals surface area contributed by atoms with Crippen LogP contribution in [-0.2, 0) is 4.74 Å². The minimum Gasteiger partial charge on any atom is -0.465 e. The molecule has 8 heteroatoms. The van der Waals surface area contributed by atoms with Gasteiger partial charge in [0.05, 0.1) is 23.6 Å². The molecule has 0 aliphatic carbocycles. The van der Waals surface area contributed by atoms with E-state index in [1.165, 1.54) is 25.3 Å². The molecule has 0 spiro atoms. The second kappa shape index (κ2) is 6.86. The maximum Gasteiger partial charge on any atom is 0.341 e. The normalized spacial score (nSPS) is 11.4. The van der Waals surface area contributed by atoms with Gasteiger partial charge in [0.25, 0.3) is 5.56 Å². The Bertz CT molecular complexity index is 1150. The maximum atomic E-state index is 12.2. The van der Waals surface area contributed by atoms with Crippen molar-refractivity contribution in [3.8, 4) is 6.07 Å². The summed E-state index contributed by atoms with van der Waals surface area (Å²) in [6.45, 7) is 1.60. The van der Waals surface area contributed by atoms with Crippen LogP contribution >= 0.6 is 11.6 Å². The van der Waals surface area contributed by atoms with Gasteiger partial charge in [-0.2, -0.15) is 5.26 Å². The zero-order valence-corrected chi connectivity index (χ0v) is 14.5. The Balaban J connectivity index is 2.11. The fraction of sp³-hybridized carbons (Fsp3) is 0.111. The van der Waals surface area contributed by atoms with Crippen molar-refractivity contribution in [3.63, 3.8) is 0 Å². The Morgan fingerprint density at radius 2 is 2.19 bits per heavy atom. The van der Waals surface area contributed by atoms with E-state index >= 15 is 0 Å². The first-order chi connectivity index (χ1) is 12.4. The lowest BCUT2D eigenvalue weighted by Crippen LogP contribution is -2.11. The molecule has 26 heavy (non-hydrogen) atoms. The van der Waals surface area contributed by atoms with Gasteiger partial charge in [-0.15, -0.1) is 0 Å². The van der Waals surface area contributed by atoms with E-state index < -0.39 is 11.5 Å². The molecule has 7 nitrogen and oxygen atoms in total. The molecule has 0 saturated carbocycles. The number of H-pyrrole nitrogens is 1. The van der Waals surface area contributed by atoms with Gasteiger partial charge in [0.15, 0.2) is 5.82 Å². The smallest absolute Gasteiger partial charge is 0.341 e. The van der Waals surface area contributed by atoms with Gasteiger partial charge in [-0.05, 0) is 31.2 Å². The Hall–Kier alpha value is -3.37. The van der Waals surface area contributed by atoms with Crippen LogP contribution in [0.5, 0.6) is 0 Å². The number of rotatable bonds is 3. The number of aromatic nitrogens is 2. The minimum absolute atomic E-state index is 0.0640. The summed E-state index contributed by atoms with van der Waals surface area (Å²) in [6, 6.07) is 8.10. The molecule has 0 aliphatic rings. The van der Waals surface area contributed by atoms with Crippen LogP contribution < -0.4 is 5.56 Å². The molecule has 0 radical (unpaired) electrons. The van der Waals surface area contributed by atoms with E-state index in [0.29, 0.717) is 21.7 Å². The summed E-state index contributed by atoms with van der Waals surface area (Å²) in [5, 5.41) is 10.2. The van der Waals surface area contributed by atoms with Crippen LogP contribution in [0, 0.1) is 18.3 Å². The molecule has 130 valence electrons. The van der Waals surface area contributed by atoms with Crippen LogP contribution in [0.1, 0.15) is 27.7 Å². The van der Waals surface area contributed by atoms with Crippen molar-refractivity contribution in [2.24, 2.45) is 0 Å². The number of halogens is 1. The summed E-state index contributed by atoms with van der Waals surface area (Å²) >= 11 is 5.94. The molecule has 1 aromatic carbocycles. The van der Waals surface area contributed by atoms with Gasteiger partial charge in [0.2, 0.25) is 0 Å². The number of nitrogens with zero attached hydrogens (tertiary/aromatic N) is 2. The number of aromatic amines is 1. The largest absolute Gasteiger partial charge is 0.465 e. The van der Waals surface area contributed by atoms with Crippen LogP contribution in [0.15, 0.2) is 33.5 Å². The lowest BCUT2D eigenvalue weighted by Gasteiger charge is -2.02. The van der Waals surface area contributed by atoms with E-state index in [2.05, 4.69) is 14.7 Å². The third-order valence-corrected chi connectivity index (χ3v) is 3.91. The van der Waals surface area contributed by atoms with Crippen molar-refractivity contribution in [1.82, 2.24) is 9.97 Å². The molecule has 3 aromatic rings. The van der Waals surface area contributed by atoms with Crippen molar-refractivity contribution in [1.29, 1.82) is 5.26 Å². The van der Waals surface area contributed by atoms with E-state index in [4.69, 9.17) is 16.0 Å². The van der Waals surface area contributed by atoms with Crippen LogP contribution in [0.25, 0.3) is 22.6 Å². The predicted octanol–water partition coefficient (Wildman–Crippen LogP) is 3.33. The third-order valence-electron chi connectivity index (χ3n) is 3.67. The Morgan fingerprint density at radius 3 is 2.88 bits per heavy atom. The number of hydrogen-bond acceptors (Lipinski definition) is 6. The number of hydrogen-bond donors (Lipinski definition) is 1. The summed E-state index contributed by atoms with van der Waals surface area (Å²) in [5.41, 5.74) is 0.286. The maximum absolute atomic E-state index is 12.2. The first-order valence-electron chi connectivity index (χ1n) is 7.43. The molecule has 2 heterocycles. The van der Waals surface area contributed by atoms with Crippen molar-refractivity contribution < 1.29 is 13.9 Å². The van der Waals surface area contributed by atoms with Crippen molar-refractivity contribution in [2.75, 3.05) is 7.11 Å². The number of carbonyl (C=O) groups is 1. The zero-order valence-electron chi connectivity index (χ0n) is 13.8. The Morgan fingerprint density at radius 1 is 1.42 bits per heavy atom. The van der Waals surface area contributed by atoms with Gasteiger partial charge in [0.1, 0.15) is 23.2 Å². The summed E-state index contributed by atoms with van der Waals surface area (Å²) < 4.78 is 10.1. The second-order valence-corrected chi connectivity index (χ2v) is 5.79. The topological polar surface area (TPSA) is 109 Å². The van der Waals surface area contributed by atoms with Crippen molar-refractivity contribution in [2.45, 2.75) is 6.92 Å². The van der Waals surface area contributed by atoms with Gasteiger partial charge >= 0.3 is 5.97 Å². The Labute approximate surface area is 152 Å². The number of carbonyl (C=O) groups excluding carboxylic acids is 1. The van der Waals surface area contributed by atoms with E-state index in [1.54, 1.807) is 19.1 Å². The first-order valence-corrected chi connectivity index (χ1v) is 7.81. The molecule has 1 N–H and O–H groups in total. The third kappa shape index (κ3) is 3.23. The van der Waals surface area contributed by atoms with Crippen molar-refractivity contribution in [3.05, 3.63) is 62.6 Å². The number of nitriles is 1. The highest BCUT2D eigenvalue weighted by molar-refractivity contribution is 6.31. The van der Waals surface area contributed by atoms with Crippen LogP contribution in [0.4, 0.5) is 0 Å². The molecule has 2 aromatic heterocycles. The van der Waals surface area contributed by atoms with E-state index in [-0.39, 0.29) is 22.7 Å². The Kier molecular flexibility index (Phi) is 4.61. The number of nitrogens with one attached hydrogen (secondary N) is 1. The summed E-state index contributed by atoms with van der Waals surface area (Å²) in [5.74, 6) is 0.137. The molecule has 0 amide bonds. The number of fused-ring (bicyclic) bond motifs is 1. The van der Waals surface area contributed by atoms with E-state index in [1.807, 2.05) is 6.07 Å². The number of ether oxygens (including phenoxy) is 1. The average molecular weight is 370 g/mol. The van der Waals surface area contributed by atoms with E-state index in [0.717, 1.165) is 0 Å². The van der Waals surface area contributed by atoms with Gasteiger partial charge in [0, 0.05) is 11.1 Å². The molecule has 0 aliphatic heterocycles. The SMILES string of the molecule is COC(=O)c1cc(/C=C(/C#N)c2nc3cc(Cl)ccc3c(=O)[nH]2)oc1C. The first kappa shape index (κ1) is 17.5. The summed E-state index contributed by atoms with van der Waals surface area (Å²) in [4.78, 5) is 30.7. The lowest BCUT2D eigenvalue weighted by molar-refractivity contribution is 0.0599. The number of allylic oxidation sites excluding steroid dienone is 1. The average Bonchev–Trinajstić information content (AvgIpc) is 2.98. The molecule has 0 atom stereocenters. The van der Waals surface area contributed by atoms with Gasteiger partial charge in [-0.3, -0.25) is 4.79 Å². The van der Waals surface area contributed by atoms with Crippen LogP contribution in [0.3, 0.4) is 0 Å². The number of esters is 1. The quantitative estimate of drug-likeness (QED) is 0.560. The lowest BCUT2D eigenvalue weighted by atomic mass is 10.2. The minimum atomic E-state index is -0.545. The van der Waals surface area contributed by atoms with Gasteiger partial charge in [-0.25, -0.2) is 9.78 Å². The fourth-order valence-corrected chi connectivity index (χ4v) is 2.59. The molecule has 0 unspecified atom stereocenters. The highest BCUT2D eigenvalue weighted by atomic mass is 35.5. The molecule has 0 bridgehead atoms.